The van der Waals surface area contributed by atoms with Gasteiger partial charge >= 0.3 is 5.97 Å². The average Bonchev–Trinajstić information content (AvgIpc) is 2.53. The highest BCUT2D eigenvalue weighted by molar-refractivity contribution is 5.71. The second-order valence-electron chi connectivity index (χ2n) is 7.56. The number of carbonyl (C=O) groups is 1. The predicted octanol–water partition coefficient (Wildman–Crippen LogP) is 3.67. The molecular weight excluding hydrogens is 302 g/mol. The summed E-state index contributed by atoms with van der Waals surface area (Å²) in [6, 6.07) is 6.13. The number of likely N-dealkylation sites (tertiary alicyclic amines) is 1. The van der Waals surface area contributed by atoms with Crippen molar-refractivity contribution in [1.82, 2.24) is 0 Å². The van der Waals surface area contributed by atoms with Crippen LogP contribution in [-0.2, 0) is 9.53 Å². The molecule has 2 rings (SSSR count). The second-order valence-corrected chi connectivity index (χ2v) is 7.56. The van der Waals surface area contributed by atoms with Crippen LogP contribution >= 0.6 is 0 Å². The number of likely N-dealkylation sites (N-methyl/N-ethyl adjacent to an activating group) is 1. The second kappa shape index (κ2) is 8.52. The van der Waals surface area contributed by atoms with Crippen LogP contribution in [0.5, 0.6) is 5.75 Å². The van der Waals surface area contributed by atoms with Gasteiger partial charge in [0.2, 0.25) is 0 Å². The summed E-state index contributed by atoms with van der Waals surface area (Å²) >= 11 is 0. The van der Waals surface area contributed by atoms with Crippen LogP contribution in [0.15, 0.2) is 18.2 Å². The summed E-state index contributed by atoms with van der Waals surface area (Å²) < 4.78 is 12.1. The van der Waals surface area contributed by atoms with E-state index in [1.54, 1.807) is 0 Å². The largest absolute Gasteiger partial charge is 0.482 e. The number of benzene rings is 1. The maximum atomic E-state index is 12.0. The normalized spacial score (nSPS) is 16.9. The molecule has 1 heterocycles. The molecule has 0 aromatic heterocycles. The molecule has 1 aromatic carbocycles. The topological polar surface area (TPSA) is 35.5 Å². The number of rotatable bonds is 7. The first-order valence-corrected chi connectivity index (χ1v) is 9.12. The molecule has 0 saturated carbocycles. The Balaban J connectivity index is 1.78. The van der Waals surface area contributed by atoms with Crippen molar-refractivity contribution >= 4 is 5.97 Å². The lowest BCUT2D eigenvalue weighted by atomic mass is 10.0. The van der Waals surface area contributed by atoms with Gasteiger partial charge in [-0.1, -0.05) is 26.0 Å². The Morgan fingerprint density at radius 1 is 1.21 bits per heavy atom. The number of quaternary nitrogens is 1. The van der Waals surface area contributed by atoms with Crippen molar-refractivity contribution < 1.29 is 18.8 Å². The predicted molar refractivity (Wildman–Crippen MR) is 96.4 cm³/mol. The molecule has 0 atom stereocenters. The Morgan fingerprint density at radius 2 is 1.92 bits per heavy atom. The van der Waals surface area contributed by atoms with Crippen molar-refractivity contribution in [2.24, 2.45) is 0 Å². The molecule has 134 valence electrons. The number of piperidine rings is 1. The molecule has 1 aliphatic rings. The van der Waals surface area contributed by atoms with Crippen LogP contribution in [-0.4, -0.2) is 50.3 Å². The molecule has 24 heavy (non-hydrogen) atoms. The molecule has 1 aromatic rings. The van der Waals surface area contributed by atoms with Gasteiger partial charge in [-0.3, -0.25) is 0 Å². The highest BCUT2D eigenvalue weighted by atomic mass is 16.6. The maximum absolute atomic E-state index is 12.0. The minimum atomic E-state index is -0.283. The Labute approximate surface area is 146 Å². The molecule has 0 radical (unpaired) electrons. The first-order chi connectivity index (χ1) is 11.4. The molecule has 0 amide bonds. The van der Waals surface area contributed by atoms with E-state index in [2.05, 4.69) is 33.0 Å². The van der Waals surface area contributed by atoms with Crippen LogP contribution in [0, 0.1) is 6.92 Å². The molecule has 1 saturated heterocycles. The monoisotopic (exact) mass is 334 g/mol. The lowest BCUT2D eigenvalue weighted by Crippen LogP contribution is -2.49. The third-order valence-electron chi connectivity index (χ3n) is 4.93. The Bertz CT molecular complexity index is 548. The minimum absolute atomic E-state index is 0.0209. The van der Waals surface area contributed by atoms with E-state index < -0.39 is 0 Å². The van der Waals surface area contributed by atoms with Crippen molar-refractivity contribution in [2.45, 2.75) is 46.0 Å². The zero-order chi connectivity index (χ0) is 17.6. The fourth-order valence-corrected chi connectivity index (χ4v) is 3.30. The molecule has 0 N–H and O–H groups in total. The molecular formula is C20H32NO3+. The highest BCUT2D eigenvalue weighted by Crippen LogP contribution is 2.27. The molecule has 0 aliphatic carbocycles. The van der Waals surface area contributed by atoms with E-state index in [1.165, 1.54) is 32.4 Å². The molecule has 0 bridgehead atoms. The van der Waals surface area contributed by atoms with Gasteiger partial charge in [0.1, 0.15) is 18.9 Å². The number of esters is 1. The van der Waals surface area contributed by atoms with Crippen LogP contribution in [0.3, 0.4) is 0 Å². The number of hydrogen-bond donors (Lipinski definition) is 0. The smallest absolute Gasteiger partial charge is 0.344 e. The molecule has 4 nitrogen and oxygen atoms in total. The Kier molecular flexibility index (Phi) is 6.67. The molecule has 0 unspecified atom stereocenters. The quantitative estimate of drug-likeness (QED) is 0.564. The summed E-state index contributed by atoms with van der Waals surface area (Å²) in [5.74, 6) is 0.868. The number of carbonyl (C=O) groups excluding carboxylic acids is 1. The Morgan fingerprint density at radius 3 is 2.58 bits per heavy atom. The van der Waals surface area contributed by atoms with Crippen LogP contribution in [0.2, 0.25) is 0 Å². The van der Waals surface area contributed by atoms with Gasteiger partial charge in [-0.25, -0.2) is 4.79 Å². The van der Waals surface area contributed by atoms with Crippen LogP contribution in [0.4, 0.5) is 0 Å². The highest BCUT2D eigenvalue weighted by Gasteiger charge is 2.24. The number of aryl methyl sites for hydroxylation is 1. The van der Waals surface area contributed by atoms with Gasteiger partial charge < -0.3 is 14.0 Å². The van der Waals surface area contributed by atoms with Crippen molar-refractivity contribution in [3.63, 3.8) is 0 Å². The van der Waals surface area contributed by atoms with Crippen molar-refractivity contribution in [3.8, 4) is 5.75 Å². The summed E-state index contributed by atoms with van der Waals surface area (Å²) in [6.45, 7) is 10.0. The standard InChI is InChI=1S/C20H32NO3/c1-16(2)18-9-8-17(3)14-19(18)24-15-20(22)23-13-12-21(4)10-6-5-7-11-21/h8-9,14,16H,5-7,10-13,15H2,1-4H3/q+1. The van der Waals surface area contributed by atoms with Gasteiger partial charge in [0.05, 0.1) is 20.1 Å². The lowest BCUT2D eigenvalue weighted by Gasteiger charge is -2.37. The first kappa shape index (κ1) is 18.8. The number of ether oxygens (including phenoxy) is 2. The van der Waals surface area contributed by atoms with E-state index >= 15 is 0 Å². The van der Waals surface area contributed by atoms with Crippen molar-refractivity contribution in [1.29, 1.82) is 0 Å². The van der Waals surface area contributed by atoms with Crippen LogP contribution in [0.1, 0.15) is 50.2 Å². The fourth-order valence-electron chi connectivity index (χ4n) is 3.30. The summed E-state index contributed by atoms with van der Waals surface area (Å²) in [6.07, 6.45) is 3.88. The summed E-state index contributed by atoms with van der Waals surface area (Å²) in [7, 11) is 2.26. The minimum Gasteiger partial charge on any atom is -0.482 e. The zero-order valence-electron chi connectivity index (χ0n) is 15.6. The molecule has 1 aliphatic heterocycles. The van der Waals surface area contributed by atoms with Crippen LogP contribution in [0.25, 0.3) is 0 Å². The maximum Gasteiger partial charge on any atom is 0.344 e. The molecule has 4 heteroatoms. The number of hydrogen-bond acceptors (Lipinski definition) is 3. The van der Waals surface area contributed by atoms with Crippen molar-refractivity contribution in [3.05, 3.63) is 29.3 Å². The third kappa shape index (κ3) is 5.52. The van der Waals surface area contributed by atoms with Crippen LogP contribution < -0.4 is 4.74 Å². The average molecular weight is 334 g/mol. The van der Waals surface area contributed by atoms with E-state index in [0.717, 1.165) is 27.9 Å². The van der Waals surface area contributed by atoms with E-state index in [1.807, 2.05) is 13.0 Å². The van der Waals surface area contributed by atoms with Gasteiger partial charge in [0.25, 0.3) is 0 Å². The number of nitrogens with zero attached hydrogens (tertiary/aromatic N) is 1. The van der Waals surface area contributed by atoms with Gasteiger partial charge in [0, 0.05) is 0 Å². The lowest BCUT2D eigenvalue weighted by molar-refractivity contribution is -0.914. The van der Waals surface area contributed by atoms with E-state index in [9.17, 15) is 4.79 Å². The summed E-state index contributed by atoms with van der Waals surface area (Å²) in [4.78, 5) is 12.0. The SMILES string of the molecule is Cc1ccc(C(C)C)c(OCC(=O)OCC[N+]2(C)CCCCC2)c1. The fraction of sp³-hybridized carbons (Fsp3) is 0.650. The van der Waals surface area contributed by atoms with Gasteiger partial charge in [0.15, 0.2) is 6.61 Å². The summed E-state index contributed by atoms with van der Waals surface area (Å²) in [5.41, 5.74) is 2.25. The summed E-state index contributed by atoms with van der Waals surface area (Å²) in [5, 5.41) is 0. The Hall–Kier alpha value is -1.55. The van der Waals surface area contributed by atoms with Gasteiger partial charge in [-0.05, 0) is 49.3 Å². The molecule has 0 spiro atoms. The molecule has 1 fully saturated rings. The zero-order valence-corrected chi connectivity index (χ0v) is 15.6. The van der Waals surface area contributed by atoms with Gasteiger partial charge in [-0.15, -0.1) is 0 Å². The van der Waals surface area contributed by atoms with Crippen molar-refractivity contribution in [2.75, 3.05) is 39.9 Å². The van der Waals surface area contributed by atoms with Gasteiger partial charge in [-0.2, -0.15) is 0 Å². The first-order valence-electron chi connectivity index (χ1n) is 9.12. The van der Waals surface area contributed by atoms with E-state index in [-0.39, 0.29) is 12.6 Å². The third-order valence-corrected chi connectivity index (χ3v) is 4.93. The van der Waals surface area contributed by atoms with E-state index in [4.69, 9.17) is 9.47 Å². The van der Waals surface area contributed by atoms with E-state index in [0.29, 0.717) is 12.5 Å².